The van der Waals surface area contributed by atoms with E-state index < -0.39 is 0 Å². The van der Waals surface area contributed by atoms with E-state index in [-0.39, 0.29) is 5.56 Å². The highest BCUT2D eigenvalue weighted by atomic mass is 16.1. The fourth-order valence-corrected chi connectivity index (χ4v) is 1.72. The van der Waals surface area contributed by atoms with Crippen molar-refractivity contribution in [2.45, 2.75) is 19.9 Å². The standard InChI is InChI=1S/C12H12N2O2/c1-9-12(16)14(7-4-8-15)11-6-3-2-5-10(11)13-9/h2-3,5-6,8H,4,7H2,1H3. The molecular weight excluding hydrogens is 204 g/mol. The van der Waals surface area contributed by atoms with Gasteiger partial charge in [0, 0.05) is 13.0 Å². The molecule has 0 atom stereocenters. The molecule has 0 fully saturated rings. The number of benzene rings is 1. The first kappa shape index (κ1) is 10.5. The summed E-state index contributed by atoms with van der Waals surface area (Å²) in [6.07, 6.45) is 1.16. The number of nitrogens with zero attached hydrogens (tertiary/aromatic N) is 2. The molecule has 0 aliphatic heterocycles. The van der Waals surface area contributed by atoms with Gasteiger partial charge in [0.1, 0.15) is 12.0 Å². The van der Waals surface area contributed by atoms with Gasteiger partial charge in [-0.25, -0.2) is 4.98 Å². The summed E-state index contributed by atoms with van der Waals surface area (Å²) in [6, 6.07) is 7.44. The van der Waals surface area contributed by atoms with Crippen molar-refractivity contribution in [2.24, 2.45) is 0 Å². The molecule has 0 radical (unpaired) electrons. The maximum absolute atomic E-state index is 11.9. The fraction of sp³-hybridized carbons (Fsp3) is 0.250. The number of aromatic nitrogens is 2. The largest absolute Gasteiger partial charge is 0.305 e. The predicted molar refractivity (Wildman–Crippen MR) is 61.4 cm³/mol. The maximum Gasteiger partial charge on any atom is 0.272 e. The van der Waals surface area contributed by atoms with Crippen LogP contribution in [-0.4, -0.2) is 15.8 Å². The van der Waals surface area contributed by atoms with Gasteiger partial charge in [0.05, 0.1) is 11.0 Å². The van der Waals surface area contributed by atoms with Gasteiger partial charge < -0.3 is 9.36 Å². The first-order valence-corrected chi connectivity index (χ1v) is 5.14. The second-order valence-electron chi connectivity index (χ2n) is 3.60. The van der Waals surface area contributed by atoms with Gasteiger partial charge >= 0.3 is 0 Å². The van der Waals surface area contributed by atoms with E-state index >= 15 is 0 Å². The Labute approximate surface area is 92.5 Å². The first-order valence-electron chi connectivity index (χ1n) is 5.14. The minimum atomic E-state index is -0.124. The number of carbonyl (C=O) groups excluding carboxylic acids is 1. The quantitative estimate of drug-likeness (QED) is 0.726. The van der Waals surface area contributed by atoms with E-state index in [1.165, 1.54) is 0 Å². The zero-order valence-electron chi connectivity index (χ0n) is 9.01. The number of hydrogen-bond acceptors (Lipinski definition) is 3. The van der Waals surface area contributed by atoms with Gasteiger partial charge in [-0.15, -0.1) is 0 Å². The van der Waals surface area contributed by atoms with Gasteiger partial charge in [-0.05, 0) is 19.1 Å². The lowest BCUT2D eigenvalue weighted by molar-refractivity contribution is -0.108. The summed E-state index contributed by atoms with van der Waals surface area (Å²) >= 11 is 0. The number of hydrogen-bond donors (Lipinski definition) is 0. The van der Waals surface area contributed by atoms with Crippen LogP contribution in [0.2, 0.25) is 0 Å². The summed E-state index contributed by atoms with van der Waals surface area (Å²) in [5.41, 5.74) is 1.90. The number of rotatable bonds is 3. The molecule has 0 spiro atoms. The second kappa shape index (κ2) is 4.26. The van der Waals surface area contributed by atoms with Crippen LogP contribution in [0.5, 0.6) is 0 Å². The summed E-state index contributed by atoms with van der Waals surface area (Å²) in [5, 5.41) is 0. The Morgan fingerprint density at radius 3 is 2.88 bits per heavy atom. The highest BCUT2D eigenvalue weighted by Crippen LogP contribution is 2.09. The van der Waals surface area contributed by atoms with E-state index in [1.807, 2.05) is 24.3 Å². The van der Waals surface area contributed by atoms with Crippen molar-refractivity contribution in [3.63, 3.8) is 0 Å². The number of fused-ring (bicyclic) bond motifs is 1. The summed E-state index contributed by atoms with van der Waals surface area (Å²) < 4.78 is 1.60. The van der Waals surface area contributed by atoms with Gasteiger partial charge in [0.15, 0.2) is 0 Å². The Kier molecular flexibility index (Phi) is 2.81. The molecule has 0 saturated carbocycles. The van der Waals surface area contributed by atoms with Crippen molar-refractivity contribution < 1.29 is 4.79 Å². The topological polar surface area (TPSA) is 52.0 Å². The zero-order valence-corrected chi connectivity index (χ0v) is 9.01. The van der Waals surface area contributed by atoms with Crippen LogP contribution in [0.4, 0.5) is 0 Å². The number of aryl methyl sites for hydroxylation is 2. The highest BCUT2D eigenvalue weighted by Gasteiger charge is 2.06. The van der Waals surface area contributed by atoms with Crippen LogP contribution in [0.3, 0.4) is 0 Å². The lowest BCUT2D eigenvalue weighted by Crippen LogP contribution is -2.24. The molecule has 0 unspecified atom stereocenters. The van der Waals surface area contributed by atoms with E-state index in [0.717, 1.165) is 17.3 Å². The maximum atomic E-state index is 11.9. The average molecular weight is 216 g/mol. The molecule has 1 heterocycles. The highest BCUT2D eigenvalue weighted by molar-refractivity contribution is 5.74. The van der Waals surface area contributed by atoms with Crippen molar-refractivity contribution in [1.82, 2.24) is 9.55 Å². The van der Waals surface area contributed by atoms with Crippen molar-refractivity contribution in [3.05, 3.63) is 40.3 Å². The molecule has 2 rings (SSSR count). The van der Waals surface area contributed by atoms with Crippen LogP contribution in [0.15, 0.2) is 29.1 Å². The molecule has 0 N–H and O–H groups in total. The summed E-state index contributed by atoms with van der Waals surface area (Å²) in [7, 11) is 0. The Morgan fingerprint density at radius 2 is 2.12 bits per heavy atom. The normalized spacial score (nSPS) is 10.6. The molecule has 1 aromatic heterocycles. The number of para-hydroxylation sites is 2. The number of aldehydes is 1. The van der Waals surface area contributed by atoms with Crippen LogP contribution in [0.1, 0.15) is 12.1 Å². The van der Waals surface area contributed by atoms with Gasteiger partial charge in [-0.2, -0.15) is 0 Å². The third kappa shape index (κ3) is 1.74. The summed E-state index contributed by atoms with van der Waals surface area (Å²) in [5.74, 6) is 0. The average Bonchev–Trinajstić information content (AvgIpc) is 2.30. The molecule has 0 aliphatic carbocycles. The molecule has 1 aromatic carbocycles. The molecule has 0 aliphatic rings. The van der Waals surface area contributed by atoms with Crippen LogP contribution in [0, 0.1) is 6.92 Å². The monoisotopic (exact) mass is 216 g/mol. The Morgan fingerprint density at radius 1 is 1.38 bits per heavy atom. The Bertz CT molecular complexity index is 587. The van der Waals surface area contributed by atoms with E-state index in [4.69, 9.17) is 0 Å². The number of carbonyl (C=O) groups is 1. The van der Waals surface area contributed by atoms with E-state index in [0.29, 0.717) is 18.7 Å². The Hall–Kier alpha value is -1.97. The summed E-state index contributed by atoms with van der Waals surface area (Å²) in [4.78, 5) is 26.5. The molecule has 2 aromatic rings. The first-order chi connectivity index (χ1) is 7.74. The third-order valence-corrected chi connectivity index (χ3v) is 2.49. The van der Waals surface area contributed by atoms with Crippen LogP contribution < -0.4 is 5.56 Å². The molecule has 0 bridgehead atoms. The zero-order chi connectivity index (χ0) is 11.5. The van der Waals surface area contributed by atoms with Crippen molar-refractivity contribution in [2.75, 3.05) is 0 Å². The van der Waals surface area contributed by atoms with Crippen molar-refractivity contribution in [1.29, 1.82) is 0 Å². The Balaban J connectivity index is 2.71. The SMILES string of the molecule is Cc1nc2ccccc2n(CCC=O)c1=O. The van der Waals surface area contributed by atoms with E-state index in [9.17, 15) is 9.59 Å². The minimum absolute atomic E-state index is 0.124. The second-order valence-corrected chi connectivity index (χ2v) is 3.60. The molecule has 4 nitrogen and oxygen atoms in total. The van der Waals surface area contributed by atoms with Gasteiger partial charge in [0.2, 0.25) is 0 Å². The van der Waals surface area contributed by atoms with Gasteiger partial charge in [0.25, 0.3) is 5.56 Å². The smallest absolute Gasteiger partial charge is 0.272 e. The van der Waals surface area contributed by atoms with Gasteiger partial charge in [-0.3, -0.25) is 4.79 Å². The minimum Gasteiger partial charge on any atom is -0.305 e. The van der Waals surface area contributed by atoms with Crippen LogP contribution >= 0.6 is 0 Å². The lowest BCUT2D eigenvalue weighted by Gasteiger charge is -2.08. The van der Waals surface area contributed by atoms with Crippen molar-refractivity contribution in [3.8, 4) is 0 Å². The molecule has 0 saturated heterocycles. The summed E-state index contributed by atoms with van der Waals surface area (Å²) in [6.45, 7) is 2.10. The van der Waals surface area contributed by atoms with Crippen molar-refractivity contribution >= 4 is 17.3 Å². The third-order valence-electron chi connectivity index (χ3n) is 2.49. The van der Waals surface area contributed by atoms with Crippen LogP contribution in [0.25, 0.3) is 11.0 Å². The fourth-order valence-electron chi connectivity index (χ4n) is 1.72. The van der Waals surface area contributed by atoms with Crippen LogP contribution in [-0.2, 0) is 11.3 Å². The van der Waals surface area contributed by atoms with Gasteiger partial charge in [-0.1, -0.05) is 12.1 Å². The molecule has 4 heteroatoms. The molecule has 16 heavy (non-hydrogen) atoms. The van der Waals surface area contributed by atoms with E-state index in [1.54, 1.807) is 11.5 Å². The molecule has 0 amide bonds. The van der Waals surface area contributed by atoms with E-state index in [2.05, 4.69) is 4.98 Å². The molecular formula is C12H12N2O2. The lowest BCUT2D eigenvalue weighted by atomic mass is 10.2. The predicted octanol–water partition coefficient (Wildman–Crippen LogP) is 1.29. The molecule has 82 valence electrons.